The lowest BCUT2D eigenvalue weighted by atomic mass is 10.1. The summed E-state index contributed by atoms with van der Waals surface area (Å²) in [6.07, 6.45) is 5.15. The summed E-state index contributed by atoms with van der Waals surface area (Å²) >= 11 is 0. The number of hydrogen-bond acceptors (Lipinski definition) is 4. The molecule has 0 bridgehead atoms. The Labute approximate surface area is 112 Å². The number of carbonyl (C=O) groups excluding carboxylic acids is 1. The number of rotatable bonds is 4. The van der Waals surface area contributed by atoms with Gasteiger partial charge in [-0.15, -0.1) is 0 Å². The lowest BCUT2D eigenvalue weighted by Crippen LogP contribution is -2.31. The molecule has 0 fully saturated rings. The zero-order valence-electron chi connectivity index (χ0n) is 11.0. The highest BCUT2D eigenvalue weighted by Gasteiger charge is 2.18. The number of nitrogens with zero attached hydrogens (tertiary/aromatic N) is 4. The monoisotopic (exact) mass is 256 g/mol. The topological polar surface area (TPSA) is 59.0 Å². The van der Waals surface area contributed by atoms with Crippen LogP contribution >= 0.6 is 0 Å². The van der Waals surface area contributed by atoms with Crippen molar-refractivity contribution in [3.05, 3.63) is 54.4 Å². The van der Waals surface area contributed by atoms with Crippen molar-refractivity contribution in [1.82, 2.24) is 19.9 Å². The molecule has 2 aromatic heterocycles. The molecular formula is C14H16N4O. The number of hydrogen-bond donors (Lipinski definition) is 0. The highest BCUT2D eigenvalue weighted by atomic mass is 16.2. The largest absolute Gasteiger partial charge is 0.337 e. The van der Waals surface area contributed by atoms with Gasteiger partial charge in [0.05, 0.1) is 18.2 Å². The van der Waals surface area contributed by atoms with E-state index in [4.69, 9.17) is 0 Å². The molecule has 5 heteroatoms. The van der Waals surface area contributed by atoms with E-state index >= 15 is 0 Å². The van der Waals surface area contributed by atoms with Gasteiger partial charge in [-0.1, -0.05) is 6.07 Å². The average Bonchev–Trinajstić information content (AvgIpc) is 2.47. The molecule has 0 saturated heterocycles. The fourth-order valence-corrected chi connectivity index (χ4v) is 1.74. The van der Waals surface area contributed by atoms with Gasteiger partial charge in [-0.25, -0.2) is 9.97 Å². The Morgan fingerprint density at radius 1 is 1.26 bits per heavy atom. The molecule has 1 amide bonds. The third-order valence-electron chi connectivity index (χ3n) is 3.07. The number of amides is 1. The summed E-state index contributed by atoms with van der Waals surface area (Å²) in [5, 5.41) is 0. The van der Waals surface area contributed by atoms with Gasteiger partial charge >= 0.3 is 0 Å². The minimum absolute atomic E-state index is 0.0183. The fourth-order valence-electron chi connectivity index (χ4n) is 1.74. The van der Waals surface area contributed by atoms with Gasteiger partial charge < -0.3 is 4.90 Å². The molecule has 19 heavy (non-hydrogen) atoms. The molecule has 1 atom stereocenters. The van der Waals surface area contributed by atoms with Crippen LogP contribution in [0.25, 0.3) is 0 Å². The van der Waals surface area contributed by atoms with E-state index in [9.17, 15) is 4.79 Å². The molecule has 0 radical (unpaired) electrons. The van der Waals surface area contributed by atoms with Crippen molar-refractivity contribution in [2.24, 2.45) is 0 Å². The molecule has 1 unspecified atom stereocenters. The summed E-state index contributed by atoms with van der Waals surface area (Å²) in [5.41, 5.74) is 1.60. The predicted molar refractivity (Wildman–Crippen MR) is 71.2 cm³/mol. The van der Waals surface area contributed by atoms with Crippen molar-refractivity contribution < 1.29 is 4.79 Å². The lowest BCUT2D eigenvalue weighted by Gasteiger charge is -2.24. The molecule has 0 aliphatic heterocycles. The zero-order chi connectivity index (χ0) is 13.7. The van der Waals surface area contributed by atoms with E-state index < -0.39 is 0 Å². The summed E-state index contributed by atoms with van der Waals surface area (Å²) in [6.45, 7) is 1.94. The maximum Gasteiger partial charge on any atom is 0.228 e. The maximum absolute atomic E-state index is 12.2. The first kappa shape index (κ1) is 13.1. The Balaban J connectivity index is 2.03. The molecule has 2 aromatic rings. The van der Waals surface area contributed by atoms with Crippen molar-refractivity contribution in [3.63, 3.8) is 0 Å². The van der Waals surface area contributed by atoms with Crippen molar-refractivity contribution in [3.8, 4) is 0 Å². The summed E-state index contributed by atoms with van der Waals surface area (Å²) in [5.74, 6) is 0.0183. The van der Waals surface area contributed by atoms with E-state index in [0.29, 0.717) is 6.42 Å². The minimum Gasteiger partial charge on any atom is -0.337 e. The molecule has 5 nitrogen and oxygen atoms in total. The normalized spacial score (nSPS) is 11.9. The number of pyridine rings is 1. The first-order valence-corrected chi connectivity index (χ1v) is 6.10. The first-order chi connectivity index (χ1) is 9.18. The van der Waals surface area contributed by atoms with Gasteiger partial charge in [0.25, 0.3) is 0 Å². The molecule has 0 aliphatic rings. The molecular weight excluding hydrogens is 240 g/mol. The molecule has 0 saturated carbocycles. The van der Waals surface area contributed by atoms with Crippen LogP contribution in [0.3, 0.4) is 0 Å². The van der Waals surface area contributed by atoms with Crippen LogP contribution in [0.4, 0.5) is 0 Å². The van der Waals surface area contributed by atoms with E-state index in [0.717, 1.165) is 11.4 Å². The molecule has 0 N–H and O–H groups in total. The lowest BCUT2D eigenvalue weighted by molar-refractivity contribution is -0.131. The predicted octanol–water partition coefficient (Wildman–Crippen LogP) is 1.63. The van der Waals surface area contributed by atoms with E-state index in [1.807, 2.05) is 31.2 Å². The fraction of sp³-hybridized carbons (Fsp3) is 0.286. The smallest absolute Gasteiger partial charge is 0.228 e. The summed E-state index contributed by atoms with van der Waals surface area (Å²) < 4.78 is 0. The second kappa shape index (κ2) is 6.04. The molecule has 98 valence electrons. The van der Waals surface area contributed by atoms with Crippen LogP contribution in [0.15, 0.2) is 43.0 Å². The van der Waals surface area contributed by atoms with Gasteiger partial charge in [0, 0.05) is 25.1 Å². The van der Waals surface area contributed by atoms with Crippen molar-refractivity contribution in [2.75, 3.05) is 7.05 Å². The minimum atomic E-state index is -0.0841. The first-order valence-electron chi connectivity index (χ1n) is 6.10. The Morgan fingerprint density at radius 3 is 2.74 bits per heavy atom. The average molecular weight is 256 g/mol. The van der Waals surface area contributed by atoms with Crippen molar-refractivity contribution in [2.45, 2.75) is 19.4 Å². The van der Waals surface area contributed by atoms with Crippen LogP contribution in [0.5, 0.6) is 0 Å². The quantitative estimate of drug-likeness (QED) is 0.834. The van der Waals surface area contributed by atoms with Gasteiger partial charge in [0.1, 0.15) is 6.33 Å². The number of carbonyl (C=O) groups is 1. The second-order valence-electron chi connectivity index (χ2n) is 4.31. The summed E-state index contributed by atoms with van der Waals surface area (Å²) in [6, 6.07) is 7.29. The van der Waals surface area contributed by atoms with Gasteiger partial charge in [-0.3, -0.25) is 9.78 Å². The van der Waals surface area contributed by atoms with Gasteiger partial charge in [0.2, 0.25) is 5.91 Å². The van der Waals surface area contributed by atoms with Crippen LogP contribution in [-0.4, -0.2) is 32.8 Å². The van der Waals surface area contributed by atoms with Crippen LogP contribution in [-0.2, 0) is 11.2 Å². The number of aromatic nitrogens is 3. The second-order valence-corrected chi connectivity index (χ2v) is 4.31. The van der Waals surface area contributed by atoms with Crippen LogP contribution in [0.2, 0.25) is 0 Å². The van der Waals surface area contributed by atoms with Crippen molar-refractivity contribution in [1.29, 1.82) is 0 Å². The zero-order valence-corrected chi connectivity index (χ0v) is 11.0. The SMILES string of the molecule is CC(c1ccncn1)N(C)C(=O)Cc1ccccn1. The molecule has 0 spiro atoms. The third kappa shape index (κ3) is 3.34. The van der Waals surface area contributed by atoms with Crippen LogP contribution in [0, 0.1) is 0 Å². The standard InChI is InChI=1S/C14H16N4O/c1-11(13-6-8-15-10-17-13)18(2)14(19)9-12-5-3-4-7-16-12/h3-8,10-11H,9H2,1-2H3. The molecule has 0 aromatic carbocycles. The van der Waals surface area contributed by atoms with E-state index in [-0.39, 0.29) is 11.9 Å². The van der Waals surface area contributed by atoms with Crippen molar-refractivity contribution >= 4 is 5.91 Å². The van der Waals surface area contributed by atoms with Crippen LogP contribution < -0.4 is 0 Å². The third-order valence-corrected chi connectivity index (χ3v) is 3.07. The Kier molecular flexibility index (Phi) is 4.18. The van der Waals surface area contributed by atoms with E-state index in [1.165, 1.54) is 6.33 Å². The van der Waals surface area contributed by atoms with Gasteiger partial charge in [0.15, 0.2) is 0 Å². The highest BCUT2D eigenvalue weighted by molar-refractivity contribution is 5.78. The Bertz CT molecular complexity index is 530. The molecule has 0 aliphatic carbocycles. The Hall–Kier alpha value is -2.30. The van der Waals surface area contributed by atoms with Gasteiger partial charge in [-0.2, -0.15) is 0 Å². The van der Waals surface area contributed by atoms with E-state index in [2.05, 4.69) is 15.0 Å². The van der Waals surface area contributed by atoms with E-state index in [1.54, 1.807) is 24.3 Å². The Morgan fingerprint density at radius 2 is 2.11 bits per heavy atom. The summed E-state index contributed by atoms with van der Waals surface area (Å²) in [4.78, 5) is 26.1. The van der Waals surface area contributed by atoms with Gasteiger partial charge in [-0.05, 0) is 25.1 Å². The maximum atomic E-state index is 12.2. The highest BCUT2D eigenvalue weighted by Crippen LogP contribution is 2.16. The number of likely N-dealkylation sites (N-methyl/N-ethyl adjacent to an activating group) is 1. The molecule has 2 rings (SSSR count). The van der Waals surface area contributed by atoms with Crippen LogP contribution in [0.1, 0.15) is 24.4 Å². The summed E-state index contributed by atoms with van der Waals surface area (Å²) in [7, 11) is 1.78. The molecule has 2 heterocycles.